The molecule has 0 aromatic heterocycles. The first-order valence-electron chi connectivity index (χ1n) is 4.78. The van der Waals surface area contributed by atoms with Crippen molar-refractivity contribution in [3.8, 4) is 0 Å². The third-order valence-corrected chi connectivity index (χ3v) is 2.94. The first-order chi connectivity index (χ1) is 5.81. The van der Waals surface area contributed by atoms with Gasteiger partial charge in [-0.05, 0) is 25.7 Å². The quantitative estimate of drug-likeness (QED) is 0.647. The van der Waals surface area contributed by atoms with Gasteiger partial charge in [-0.2, -0.15) is 0 Å². The monoisotopic (exact) mass is 207 g/mol. The van der Waals surface area contributed by atoms with Gasteiger partial charge >= 0.3 is 0 Å². The van der Waals surface area contributed by atoms with Crippen LogP contribution in [0.1, 0.15) is 25.7 Å². The summed E-state index contributed by atoms with van der Waals surface area (Å²) in [6.45, 7) is 2.29. The van der Waals surface area contributed by atoms with Crippen LogP contribution in [-0.4, -0.2) is 31.5 Å². The van der Waals surface area contributed by atoms with E-state index in [9.17, 15) is 0 Å². The Bertz CT molecular complexity index is 150. The molecule has 1 aliphatic carbocycles. The van der Waals surface area contributed by atoms with Gasteiger partial charge in [0.2, 0.25) is 0 Å². The minimum Gasteiger partial charge on any atom is -0.376 e. The van der Waals surface area contributed by atoms with Gasteiger partial charge in [0.1, 0.15) is 0 Å². The fraction of sp³-hybridized carbons (Fsp3) is 1.00. The van der Waals surface area contributed by atoms with E-state index >= 15 is 0 Å². The Balaban J connectivity index is 0.000000845. The highest BCUT2D eigenvalue weighted by atomic mass is 35.5. The molecule has 0 amide bonds. The second kappa shape index (κ2) is 4.60. The van der Waals surface area contributed by atoms with Gasteiger partial charge in [-0.25, -0.2) is 0 Å². The van der Waals surface area contributed by atoms with Crippen molar-refractivity contribution in [3.63, 3.8) is 0 Å². The lowest BCUT2D eigenvalue weighted by Crippen LogP contribution is -2.47. The number of nitrogens with two attached hydrogens (primary N) is 1. The Hall–Kier alpha value is 0.170. The van der Waals surface area contributed by atoms with Crippen LogP contribution in [0.15, 0.2) is 0 Å². The largest absolute Gasteiger partial charge is 0.376 e. The second-order valence-electron chi connectivity index (χ2n) is 3.92. The number of rotatable bonds is 0. The van der Waals surface area contributed by atoms with Crippen molar-refractivity contribution in [2.45, 2.75) is 37.3 Å². The summed E-state index contributed by atoms with van der Waals surface area (Å²) < 4.78 is 11.2. The lowest BCUT2D eigenvalue weighted by molar-refractivity contribution is -0.171. The Morgan fingerprint density at radius 3 is 2.38 bits per heavy atom. The van der Waals surface area contributed by atoms with Gasteiger partial charge in [0.15, 0.2) is 0 Å². The fourth-order valence-electron chi connectivity index (χ4n) is 2.07. The number of ether oxygens (including phenoxy) is 2. The predicted octanol–water partition coefficient (Wildman–Crippen LogP) is 1.10. The molecule has 2 fully saturated rings. The highest BCUT2D eigenvalue weighted by molar-refractivity contribution is 5.85. The molecule has 3 nitrogen and oxygen atoms in total. The lowest BCUT2D eigenvalue weighted by Gasteiger charge is -2.41. The smallest absolute Gasteiger partial charge is 0.0917 e. The first kappa shape index (κ1) is 11.2. The van der Waals surface area contributed by atoms with Crippen LogP contribution in [0.3, 0.4) is 0 Å². The average Bonchev–Trinajstić information content (AvgIpc) is 2.13. The van der Waals surface area contributed by atoms with Crippen molar-refractivity contribution in [2.24, 2.45) is 5.73 Å². The third-order valence-electron chi connectivity index (χ3n) is 2.94. The molecule has 2 N–H and O–H groups in total. The van der Waals surface area contributed by atoms with Gasteiger partial charge < -0.3 is 15.2 Å². The van der Waals surface area contributed by atoms with Crippen LogP contribution >= 0.6 is 12.4 Å². The van der Waals surface area contributed by atoms with Gasteiger partial charge in [-0.3, -0.25) is 0 Å². The van der Waals surface area contributed by atoms with Crippen molar-refractivity contribution in [3.05, 3.63) is 0 Å². The summed E-state index contributed by atoms with van der Waals surface area (Å²) in [6.07, 6.45) is 4.33. The van der Waals surface area contributed by atoms with Gasteiger partial charge in [-0.1, -0.05) is 0 Å². The molecule has 0 atom stereocenters. The van der Waals surface area contributed by atoms with Gasteiger partial charge in [0.05, 0.1) is 25.4 Å². The van der Waals surface area contributed by atoms with E-state index < -0.39 is 0 Å². The van der Waals surface area contributed by atoms with Crippen molar-refractivity contribution >= 4 is 12.4 Å². The molecule has 0 bridgehead atoms. The second-order valence-corrected chi connectivity index (χ2v) is 3.92. The molecule has 4 heteroatoms. The molecule has 0 radical (unpaired) electrons. The van der Waals surface area contributed by atoms with E-state index in [1.165, 1.54) is 0 Å². The fourth-order valence-corrected chi connectivity index (χ4v) is 2.07. The minimum absolute atomic E-state index is 0. The molecular weight excluding hydrogens is 190 g/mol. The molecule has 2 rings (SSSR count). The Morgan fingerprint density at radius 1 is 1.15 bits per heavy atom. The summed E-state index contributed by atoms with van der Waals surface area (Å²) in [6, 6.07) is 0.390. The van der Waals surface area contributed by atoms with Crippen molar-refractivity contribution in [1.82, 2.24) is 0 Å². The SMILES string of the molecule is Cl.NC1CCC2(CC1)COCCO2. The van der Waals surface area contributed by atoms with E-state index in [4.69, 9.17) is 15.2 Å². The molecule has 78 valence electrons. The molecule has 0 aromatic carbocycles. The molecule has 13 heavy (non-hydrogen) atoms. The van der Waals surface area contributed by atoms with Crippen LogP contribution in [-0.2, 0) is 9.47 Å². The van der Waals surface area contributed by atoms with E-state index in [1.807, 2.05) is 0 Å². The zero-order valence-corrected chi connectivity index (χ0v) is 8.65. The van der Waals surface area contributed by atoms with Crippen molar-refractivity contribution in [1.29, 1.82) is 0 Å². The third kappa shape index (κ3) is 2.56. The van der Waals surface area contributed by atoms with Crippen LogP contribution < -0.4 is 5.73 Å². The van der Waals surface area contributed by atoms with Crippen LogP contribution in [0.25, 0.3) is 0 Å². The van der Waals surface area contributed by atoms with Crippen molar-refractivity contribution < 1.29 is 9.47 Å². The van der Waals surface area contributed by atoms with Crippen molar-refractivity contribution in [2.75, 3.05) is 19.8 Å². The maximum Gasteiger partial charge on any atom is 0.0917 e. The van der Waals surface area contributed by atoms with Crippen LogP contribution in [0.5, 0.6) is 0 Å². The Labute approximate surface area is 85.4 Å². The van der Waals surface area contributed by atoms with Gasteiger partial charge in [-0.15, -0.1) is 12.4 Å². The molecule has 2 aliphatic rings. The van der Waals surface area contributed by atoms with Gasteiger partial charge in [0, 0.05) is 6.04 Å². The average molecular weight is 208 g/mol. The molecule has 1 aliphatic heterocycles. The summed E-state index contributed by atoms with van der Waals surface area (Å²) in [4.78, 5) is 0. The maximum atomic E-state index is 5.83. The molecule has 0 unspecified atom stereocenters. The van der Waals surface area contributed by atoms with E-state index in [2.05, 4.69) is 0 Å². The van der Waals surface area contributed by atoms with E-state index in [1.54, 1.807) is 0 Å². The number of halogens is 1. The normalized spacial score (nSPS) is 39.9. The molecule has 1 saturated heterocycles. The van der Waals surface area contributed by atoms with E-state index in [0.29, 0.717) is 6.04 Å². The summed E-state index contributed by atoms with van der Waals surface area (Å²) in [5.41, 5.74) is 5.86. The number of hydrogen-bond donors (Lipinski definition) is 1. The molecule has 0 aromatic rings. The van der Waals surface area contributed by atoms with Gasteiger partial charge in [0.25, 0.3) is 0 Å². The van der Waals surface area contributed by atoms with E-state index in [-0.39, 0.29) is 18.0 Å². The standard InChI is InChI=1S/C9H17NO2.ClH/c10-8-1-3-9(4-2-8)7-11-5-6-12-9;/h8H,1-7,10H2;1H. The topological polar surface area (TPSA) is 44.5 Å². The molecule has 1 saturated carbocycles. The minimum atomic E-state index is 0. The summed E-state index contributed by atoms with van der Waals surface area (Å²) in [7, 11) is 0. The Kier molecular flexibility index (Phi) is 3.98. The predicted molar refractivity (Wildman–Crippen MR) is 53.2 cm³/mol. The summed E-state index contributed by atoms with van der Waals surface area (Å²) >= 11 is 0. The summed E-state index contributed by atoms with van der Waals surface area (Å²) in [5.74, 6) is 0. The highest BCUT2D eigenvalue weighted by Crippen LogP contribution is 2.32. The lowest BCUT2D eigenvalue weighted by atomic mass is 9.82. The van der Waals surface area contributed by atoms with Crippen LogP contribution in [0.2, 0.25) is 0 Å². The van der Waals surface area contributed by atoms with E-state index in [0.717, 1.165) is 45.5 Å². The maximum absolute atomic E-state index is 5.83. The molecule has 1 spiro atoms. The Morgan fingerprint density at radius 2 is 1.85 bits per heavy atom. The molecule has 1 heterocycles. The highest BCUT2D eigenvalue weighted by Gasteiger charge is 2.37. The number of hydrogen-bond acceptors (Lipinski definition) is 3. The van der Waals surface area contributed by atoms with Crippen LogP contribution in [0, 0.1) is 0 Å². The molecular formula is C9H18ClNO2. The zero-order chi connectivity index (χ0) is 8.44. The first-order valence-corrected chi connectivity index (χ1v) is 4.78. The van der Waals surface area contributed by atoms with Crippen LogP contribution in [0.4, 0.5) is 0 Å². The zero-order valence-electron chi connectivity index (χ0n) is 7.83. The summed E-state index contributed by atoms with van der Waals surface area (Å²) in [5, 5.41) is 0.